The maximum atomic E-state index is 5.90. The van der Waals surface area contributed by atoms with Gasteiger partial charge in [0, 0.05) is 19.1 Å². The van der Waals surface area contributed by atoms with Crippen LogP contribution in [-0.4, -0.2) is 49.1 Å². The topological polar surface area (TPSA) is 102 Å². The number of nitrogens with two attached hydrogens (primary N) is 1. The third kappa shape index (κ3) is 2.43. The first-order valence-electron chi connectivity index (χ1n) is 6.51. The van der Waals surface area contributed by atoms with Gasteiger partial charge in [0.1, 0.15) is 18.7 Å². The fourth-order valence-electron chi connectivity index (χ4n) is 2.24. The van der Waals surface area contributed by atoms with Gasteiger partial charge >= 0.3 is 0 Å². The molecule has 2 aromatic heterocycles. The largest absolute Gasteiger partial charge is 0.339 e. The Kier molecular flexibility index (Phi) is 3.16. The fraction of sp³-hybridized carbons (Fsp3) is 0.636. The van der Waals surface area contributed by atoms with Gasteiger partial charge < -0.3 is 10.6 Å². The van der Waals surface area contributed by atoms with E-state index in [9.17, 15) is 0 Å². The maximum absolute atomic E-state index is 5.90. The molecule has 1 aliphatic heterocycles. The van der Waals surface area contributed by atoms with Gasteiger partial charge in [0.25, 0.3) is 0 Å². The van der Waals surface area contributed by atoms with Gasteiger partial charge in [-0.2, -0.15) is 10.1 Å². The molecule has 8 heteroatoms. The number of piperidine rings is 1. The number of H-pyrrole nitrogens is 1. The van der Waals surface area contributed by atoms with E-state index < -0.39 is 0 Å². The van der Waals surface area contributed by atoms with Gasteiger partial charge in [0.05, 0.1) is 0 Å². The molecule has 2 aromatic rings. The second kappa shape index (κ2) is 4.96. The van der Waals surface area contributed by atoms with Crippen LogP contribution < -0.4 is 10.6 Å². The molecule has 0 radical (unpaired) electrons. The van der Waals surface area contributed by atoms with Gasteiger partial charge in [-0.3, -0.25) is 5.10 Å². The summed E-state index contributed by atoms with van der Waals surface area (Å²) in [5.41, 5.74) is 5.90. The second-order valence-corrected chi connectivity index (χ2v) is 4.90. The highest BCUT2D eigenvalue weighted by atomic mass is 15.4. The molecular weight excluding hydrogens is 244 g/mol. The molecule has 3 rings (SSSR count). The van der Waals surface area contributed by atoms with Crippen molar-refractivity contribution in [2.45, 2.75) is 31.8 Å². The Balaban J connectivity index is 1.73. The zero-order valence-corrected chi connectivity index (χ0v) is 10.9. The highest BCUT2D eigenvalue weighted by molar-refractivity contribution is 5.29. The van der Waals surface area contributed by atoms with E-state index >= 15 is 0 Å². The van der Waals surface area contributed by atoms with Crippen LogP contribution in [0.25, 0.3) is 0 Å². The highest BCUT2D eigenvalue weighted by Gasteiger charge is 2.21. The van der Waals surface area contributed by atoms with Crippen molar-refractivity contribution in [2.75, 3.05) is 18.0 Å². The summed E-state index contributed by atoms with van der Waals surface area (Å²) in [4.78, 5) is 10.6. The summed E-state index contributed by atoms with van der Waals surface area (Å²) in [5.74, 6) is 1.53. The quantitative estimate of drug-likeness (QED) is 0.803. The Labute approximate surface area is 111 Å². The number of hydrogen-bond donors (Lipinski definition) is 2. The lowest BCUT2D eigenvalue weighted by Crippen LogP contribution is -2.40. The molecule has 1 unspecified atom stereocenters. The summed E-state index contributed by atoms with van der Waals surface area (Å²) >= 11 is 0. The minimum Gasteiger partial charge on any atom is -0.339 e. The lowest BCUT2D eigenvalue weighted by Gasteiger charge is -2.28. The first kappa shape index (κ1) is 12.1. The minimum atomic E-state index is -0.00389. The van der Waals surface area contributed by atoms with Gasteiger partial charge in [-0.05, 0) is 19.8 Å². The first-order chi connectivity index (χ1) is 9.24. The Bertz CT molecular complexity index is 511. The zero-order chi connectivity index (χ0) is 13.2. The molecule has 0 saturated carbocycles. The molecule has 0 amide bonds. The first-order valence-corrected chi connectivity index (χ1v) is 6.51. The van der Waals surface area contributed by atoms with Gasteiger partial charge in [-0.1, -0.05) is 0 Å². The van der Waals surface area contributed by atoms with Gasteiger partial charge in [0.15, 0.2) is 5.82 Å². The summed E-state index contributed by atoms with van der Waals surface area (Å²) in [5, 5.41) is 11.4. The number of hydrogen-bond acceptors (Lipinski definition) is 6. The van der Waals surface area contributed by atoms with Crippen LogP contribution in [0, 0.1) is 0 Å². The zero-order valence-electron chi connectivity index (χ0n) is 10.9. The third-order valence-electron chi connectivity index (χ3n) is 3.54. The standard InChI is InChI=1S/C11H18N8/c1-8(19-7-13-6-14-19)10-15-11(17-16-10)18-4-2-9(12)3-5-18/h6-9H,2-5,12H2,1H3,(H,15,16,17). The molecule has 8 nitrogen and oxygen atoms in total. The molecule has 3 N–H and O–H groups in total. The normalized spacial score (nSPS) is 18.7. The predicted octanol–water partition coefficient (Wildman–Crippen LogP) is -0.0670. The smallest absolute Gasteiger partial charge is 0.244 e. The van der Waals surface area contributed by atoms with Crippen LogP contribution in [0.5, 0.6) is 0 Å². The van der Waals surface area contributed by atoms with Crippen molar-refractivity contribution in [2.24, 2.45) is 5.73 Å². The van der Waals surface area contributed by atoms with Crippen molar-refractivity contribution in [3.63, 3.8) is 0 Å². The average Bonchev–Trinajstić information content (AvgIpc) is 3.10. The molecular formula is C11H18N8. The Hall–Kier alpha value is -1.96. The van der Waals surface area contributed by atoms with E-state index in [0.717, 1.165) is 37.7 Å². The number of aromatic nitrogens is 6. The minimum absolute atomic E-state index is 0.00389. The predicted molar refractivity (Wildman–Crippen MR) is 69.6 cm³/mol. The van der Waals surface area contributed by atoms with Crippen molar-refractivity contribution in [3.05, 3.63) is 18.5 Å². The SMILES string of the molecule is CC(c1nc(N2CCC(N)CC2)n[nH]1)n1cncn1. The Morgan fingerprint density at radius 2 is 2.21 bits per heavy atom. The summed E-state index contributed by atoms with van der Waals surface area (Å²) in [6, 6.07) is 0.305. The van der Waals surface area contributed by atoms with E-state index in [1.807, 2.05) is 6.92 Å². The van der Waals surface area contributed by atoms with Gasteiger partial charge in [0.2, 0.25) is 5.95 Å². The maximum Gasteiger partial charge on any atom is 0.244 e. The van der Waals surface area contributed by atoms with Crippen molar-refractivity contribution >= 4 is 5.95 Å². The fourth-order valence-corrected chi connectivity index (χ4v) is 2.24. The number of aromatic amines is 1. The molecule has 1 saturated heterocycles. The van der Waals surface area contributed by atoms with E-state index in [1.54, 1.807) is 11.0 Å². The van der Waals surface area contributed by atoms with E-state index in [1.165, 1.54) is 6.33 Å². The van der Waals surface area contributed by atoms with Crippen LogP contribution in [0.1, 0.15) is 31.6 Å². The molecule has 0 bridgehead atoms. The Morgan fingerprint density at radius 1 is 1.42 bits per heavy atom. The lowest BCUT2D eigenvalue weighted by atomic mass is 10.1. The van der Waals surface area contributed by atoms with Gasteiger partial charge in [-0.15, -0.1) is 5.10 Å². The number of anilines is 1. The van der Waals surface area contributed by atoms with Crippen LogP contribution >= 0.6 is 0 Å². The van der Waals surface area contributed by atoms with Crippen LogP contribution in [0.3, 0.4) is 0 Å². The summed E-state index contributed by atoms with van der Waals surface area (Å²) in [6.07, 6.45) is 5.16. The van der Waals surface area contributed by atoms with Crippen LogP contribution in [0.15, 0.2) is 12.7 Å². The van der Waals surface area contributed by atoms with Gasteiger partial charge in [-0.25, -0.2) is 9.67 Å². The highest BCUT2D eigenvalue weighted by Crippen LogP contribution is 2.18. The van der Waals surface area contributed by atoms with E-state index in [0.29, 0.717) is 6.04 Å². The van der Waals surface area contributed by atoms with Crippen molar-refractivity contribution in [1.29, 1.82) is 0 Å². The molecule has 3 heterocycles. The average molecular weight is 262 g/mol. The Morgan fingerprint density at radius 3 is 2.89 bits per heavy atom. The molecule has 1 fully saturated rings. The molecule has 102 valence electrons. The summed E-state index contributed by atoms with van der Waals surface area (Å²) in [6.45, 7) is 3.83. The van der Waals surface area contributed by atoms with Crippen molar-refractivity contribution in [3.8, 4) is 0 Å². The number of nitrogens with one attached hydrogen (secondary N) is 1. The number of nitrogens with zero attached hydrogens (tertiary/aromatic N) is 6. The molecule has 19 heavy (non-hydrogen) atoms. The molecule has 1 aliphatic rings. The number of rotatable bonds is 3. The summed E-state index contributed by atoms with van der Waals surface area (Å²) < 4.78 is 1.75. The van der Waals surface area contributed by atoms with E-state index in [-0.39, 0.29) is 6.04 Å². The molecule has 0 aliphatic carbocycles. The second-order valence-electron chi connectivity index (χ2n) is 4.90. The van der Waals surface area contributed by atoms with Crippen LogP contribution in [0.4, 0.5) is 5.95 Å². The van der Waals surface area contributed by atoms with E-state index in [4.69, 9.17) is 5.73 Å². The lowest BCUT2D eigenvalue weighted by molar-refractivity contribution is 0.495. The molecule has 0 aromatic carbocycles. The molecule has 0 spiro atoms. The van der Waals surface area contributed by atoms with Crippen molar-refractivity contribution < 1.29 is 0 Å². The third-order valence-corrected chi connectivity index (χ3v) is 3.54. The summed E-state index contributed by atoms with van der Waals surface area (Å²) in [7, 11) is 0. The van der Waals surface area contributed by atoms with Crippen LogP contribution in [0.2, 0.25) is 0 Å². The van der Waals surface area contributed by atoms with E-state index in [2.05, 4.69) is 30.2 Å². The van der Waals surface area contributed by atoms with Crippen molar-refractivity contribution in [1.82, 2.24) is 29.9 Å². The monoisotopic (exact) mass is 262 g/mol. The van der Waals surface area contributed by atoms with Crippen LogP contribution in [-0.2, 0) is 0 Å². The molecule has 1 atom stereocenters.